The average Bonchev–Trinajstić information content (AvgIpc) is 2.65. The second-order valence-electron chi connectivity index (χ2n) is 7.01. The molecule has 1 fully saturated rings. The fourth-order valence-corrected chi connectivity index (χ4v) is 3.51. The minimum atomic E-state index is -0.625. The molecule has 0 radical (unpaired) electrons. The number of nitrogens with zero attached hydrogens (tertiary/aromatic N) is 1. The van der Waals surface area contributed by atoms with E-state index in [9.17, 15) is 19.1 Å². The second-order valence-corrected chi connectivity index (χ2v) is 7.37. The van der Waals surface area contributed by atoms with Crippen LogP contribution in [0.3, 0.4) is 0 Å². The number of carbonyl (C=O) groups is 2. The number of amides is 2. The van der Waals surface area contributed by atoms with Crippen LogP contribution in [0.4, 0.5) is 4.39 Å². The van der Waals surface area contributed by atoms with Crippen molar-refractivity contribution < 1.29 is 19.1 Å². The number of halogens is 2. The van der Waals surface area contributed by atoms with E-state index in [0.717, 1.165) is 17.8 Å². The van der Waals surface area contributed by atoms with Crippen LogP contribution in [0.15, 0.2) is 30.5 Å². The van der Waals surface area contributed by atoms with Crippen LogP contribution in [0, 0.1) is 12.7 Å². The van der Waals surface area contributed by atoms with Crippen LogP contribution in [0.5, 0.6) is 5.75 Å². The zero-order chi connectivity index (χ0) is 20.3. The van der Waals surface area contributed by atoms with E-state index in [2.05, 4.69) is 15.6 Å². The Bertz CT molecular complexity index is 898. The molecule has 0 bridgehead atoms. The first-order valence-electron chi connectivity index (χ1n) is 9.06. The lowest BCUT2D eigenvalue weighted by Gasteiger charge is -2.29. The number of pyridine rings is 1. The van der Waals surface area contributed by atoms with Gasteiger partial charge in [0.1, 0.15) is 16.7 Å². The van der Waals surface area contributed by atoms with E-state index < -0.39 is 11.7 Å². The van der Waals surface area contributed by atoms with Gasteiger partial charge in [-0.25, -0.2) is 9.37 Å². The van der Waals surface area contributed by atoms with Crippen molar-refractivity contribution in [3.8, 4) is 5.75 Å². The lowest BCUT2D eigenvalue weighted by molar-refractivity contribution is 0.0890. The fraction of sp³-hybridized carbons (Fsp3) is 0.350. The molecule has 1 aromatic heterocycles. The minimum absolute atomic E-state index is 0.00643. The monoisotopic (exact) mass is 405 g/mol. The molecule has 1 aromatic carbocycles. The summed E-state index contributed by atoms with van der Waals surface area (Å²) in [5, 5.41) is 15.7. The molecule has 6 nitrogen and oxygen atoms in total. The zero-order valence-corrected chi connectivity index (χ0v) is 16.1. The third-order valence-corrected chi connectivity index (χ3v) is 5.15. The van der Waals surface area contributed by atoms with Crippen molar-refractivity contribution in [1.82, 2.24) is 15.6 Å². The third-order valence-electron chi connectivity index (χ3n) is 4.85. The Hall–Kier alpha value is -2.67. The predicted molar refractivity (Wildman–Crippen MR) is 103 cm³/mol. The van der Waals surface area contributed by atoms with Gasteiger partial charge in [0, 0.05) is 12.1 Å². The Kier molecular flexibility index (Phi) is 6.14. The van der Waals surface area contributed by atoms with Gasteiger partial charge in [-0.15, -0.1) is 0 Å². The van der Waals surface area contributed by atoms with Gasteiger partial charge >= 0.3 is 0 Å². The van der Waals surface area contributed by atoms with E-state index in [1.54, 1.807) is 18.2 Å². The molecule has 1 saturated carbocycles. The third kappa shape index (κ3) is 4.78. The highest BCUT2D eigenvalue weighted by molar-refractivity contribution is 6.32. The molecule has 0 spiro atoms. The standard InChI is InChI=1S/C20H21ClFN3O3/c1-11-2-7-15(17(26)8-11)19(27)24-13-3-5-14(6-4-13)25-20(28)16-9-12(22)10-23-18(16)21/h2,7-10,13-14,26H,3-6H2,1H3,(H,24,27)(H,25,28)/t13-,14+. The second kappa shape index (κ2) is 8.56. The molecule has 0 unspecified atom stereocenters. The average molecular weight is 406 g/mol. The zero-order valence-electron chi connectivity index (χ0n) is 15.3. The Labute approximate surface area is 167 Å². The summed E-state index contributed by atoms with van der Waals surface area (Å²) in [6, 6.07) is 5.85. The molecule has 148 valence electrons. The molecule has 2 amide bonds. The summed E-state index contributed by atoms with van der Waals surface area (Å²) in [6.07, 6.45) is 3.64. The smallest absolute Gasteiger partial charge is 0.255 e. The molecular weight excluding hydrogens is 385 g/mol. The minimum Gasteiger partial charge on any atom is -0.507 e. The van der Waals surface area contributed by atoms with Gasteiger partial charge in [0.05, 0.1) is 17.3 Å². The Morgan fingerprint density at radius 3 is 2.21 bits per heavy atom. The molecule has 8 heteroatoms. The number of aromatic nitrogens is 1. The van der Waals surface area contributed by atoms with E-state index in [1.165, 1.54) is 0 Å². The fourth-order valence-electron chi connectivity index (χ4n) is 3.32. The first-order chi connectivity index (χ1) is 13.3. The van der Waals surface area contributed by atoms with Gasteiger partial charge in [-0.3, -0.25) is 9.59 Å². The molecule has 1 aliphatic carbocycles. The highest BCUT2D eigenvalue weighted by Crippen LogP contribution is 2.23. The van der Waals surface area contributed by atoms with Crippen LogP contribution in [-0.2, 0) is 0 Å². The summed E-state index contributed by atoms with van der Waals surface area (Å²) in [4.78, 5) is 28.3. The number of phenolic OH excluding ortho intramolecular Hbond substituents is 1. The van der Waals surface area contributed by atoms with Crippen molar-refractivity contribution >= 4 is 23.4 Å². The summed E-state index contributed by atoms with van der Waals surface area (Å²) in [6.45, 7) is 1.84. The van der Waals surface area contributed by atoms with E-state index >= 15 is 0 Å². The van der Waals surface area contributed by atoms with Crippen LogP contribution >= 0.6 is 11.6 Å². The molecular formula is C20H21ClFN3O3. The number of rotatable bonds is 4. The van der Waals surface area contributed by atoms with Gasteiger partial charge in [-0.2, -0.15) is 0 Å². The topological polar surface area (TPSA) is 91.3 Å². The van der Waals surface area contributed by atoms with E-state index in [1.807, 2.05) is 6.92 Å². The molecule has 0 atom stereocenters. The van der Waals surface area contributed by atoms with Crippen molar-refractivity contribution in [2.45, 2.75) is 44.7 Å². The summed E-state index contributed by atoms with van der Waals surface area (Å²) in [5.74, 6) is -1.45. The quantitative estimate of drug-likeness (QED) is 0.680. The number of aryl methyl sites for hydroxylation is 1. The lowest BCUT2D eigenvalue weighted by atomic mass is 9.90. The van der Waals surface area contributed by atoms with E-state index in [4.69, 9.17) is 11.6 Å². The van der Waals surface area contributed by atoms with Gasteiger partial charge in [0.25, 0.3) is 11.8 Å². The molecule has 1 aliphatic rings. The van der Waals surface area contributed by atoms with Crippen molar-refractivity contribution in [2.24, 2.45) is 0 Å². The Balaban J connectivity index is 1.52. The molecule has 3 rings (SSSR count). The summed E-state index contributed by atoms with van der Waals surface area (Å²) >= 11 is 5.86. The van der Waals surface area contributed by atoms with E-state index in [0.29, 0.717) is 25.7 Å². The van der Waals surface area contributed by atoms with Gasteiger partial charge in [0.15, 0.2) is 0 Å². The largest absolute Gasteiger partial charge is 0.507 e. The van der Waals surface area contributed by atoms with Gasteiger partial charge in [-0.05, 0) is 56.4 Å². The van der Waals surface area contributed by atoms with E-state index in [-0.39, 0.29) is 40.0 Å². The first-order valence-corrected chi connectivity index (χ1v) is 9.43. The van der Waals surface area contributed by atoms with Crippen LogP contribution < -0.4 is 10.6 Å². The number of aromatic hydroxyl groups is 1. The van der Waals surface area contributed by atoms with Gasteiger partial charge in [-0.1, -0.05) is 17.7 Å². The lowest BCUT2D eigenvalue weighted by Crippen LogP contribution is -2.43. The van der Waals surface area contributed by atoms with Crippen molar-refractivity contribution in [3.63, 3.8) is 0 Å². The normalized spacial score (nSPS) is 19.1. The molecule has 0 aliphatic heterocycles. The first kappa shape index (κ1) is 20.1. The molecule has 2 aromatic rings. The number of benzene rings is 1. The maximum Gasteiger partial charge on any atom is 0.255 e. The molecule has 0 saturated heterocycles. The number of phenols is 1. The van der Waals surface area contributed by atoms with Gasteiger partial charge in [0.2, 0.25) is 0 Å². The van der Waals surface area contributed by atoms with Crippen LogP contribution in [0.1, 0.15) is 52.0 Å². The van der Waals surface area contributed by atoms with Crippen LogP contribution in [-0.4, -0.2) is 34.0 Å². The molecule has 1 heterocycles. The van der Waals surface area contributed by atoms with Crippen LogP contribution in [0.25, 0.3) is 0 Å². The SMILES string of the molecule is Cc1ccc(C(=O)N[C@H]2CC[C@@H](NC(=O)c3cc(F)cnc3Cl)CC2)c(O)c1. The summed E-state index contributed by atoms with van der Waals surface area (Å²) in [7, 11) is 0. The molecule has 28 heavy (non-hydrogen) atoms. The highest BCUT2D eigenvalue weighted by Gasteiger charge is 2.25. The van der Waals surface area contributed by atoms with Crippen molar-refractivity contribution in [1.29, 1.82) is 0 Å². The van der Waals surface area contributed by atoms with Crippen molar-refractivity contribution in [2.75, 3.05) is 0 Å². The highest BCUT2D eigenvalue weighted by atomic mass is 35.5. The number of nitrogens with one attached hydrogen (secondary N) is 2. The Morgan fingerprint density at radius 2 is 1.64 bits per heavy atom. The maximum atomic E-state index is 13.3. The Morgan fingerprint density at radius 1 is 1.07 bits per heavy atom. The number of hydrogen-bond acceptors (Lipinski definition) is 4. The number of carbonyl (C=O) groups excluding carboxylic acids is 2. The summed E-state index contributed by atoms with van der Waals surface area (Å²) in [5.41, 5.74) is 1.13. The van der Waals surface area contributed by atoms with Crippen molar-refractivity contribution in [3.05, 3.63) is 58.1 Å². The molecule has 3 N–H and O–H groups in total. The summed E-state index contributed by atoms with van der Waals surface area (Å²) < 4.78 is 13.3. The predicted octanol–water partition coefficient (Wildman–Crippen LogP) is 3.36. The van der Waals surface area contributed by atoms with Crippen LogP contribution in [0.2, 0.25) is 5.15 Å². The van der Waals surface area contributed by atoms with Gasteiger partial charge < -0.3 is 15.7 Å². The maximum absolute atomic E-state index is 13.3. The number of hydrogen-bond donors (Lipinski definition) is 3.